The summed E-state index contributed by atoms with van der Waals surface area (Å²) >= 11 is 0. The summed E-state index contributed by atoms with van der Waals surface area (Å²) in [6, 6.07) is 0. The van der Waals surface area contributed by atoms with Crippen LogP contribution in [0.4, 0.5) is 0 Å². The molecule has 78 valence electrons. The van der Waals surface area contributed by atoms with E-state index < -0.39 is 5.97 Å². The van der Waals surface area contributed by atoms with Gasteiger partial charge in [0.2, 0.25) is 5.91 Å². The molecule has 1 aliphatic rings. The van der Waals surface area contributed by atoms with Crippen LogP contribution in [0.1, 0.15) is 19.8 Å². The normalized spacial score (nSPS) is 22.6. The number of carbonyl (C=O) groups excluding carboxylic acids is 2. The monoisotopic (exact) mass is 196 g/mol. The van der Waals surface area contributed by atoms with Gasteiger partial charge in [-0.2, -0.15) is 0 Å². The number of carboxylic acids is 1. The zero-order valence-electron chi connectivity index (χ0n) is 8.23. The molecule has 0 unspecified atom stereocenters. The molecule has 0 aromatic rings. The Balaban J connectivity index is 2.47. The van der Waals surface area contributed by atoms with Crippen molar-refractivity contribution >= 4 is 11.9 Å². The number of hydrogen-bond donors (Lipinski definition) is 0. The van der Waals surface area contributed by atoms with Gasteiger partial charge in [-0.25, -0.2) is 0 Å². The molecule has 14 heavy (non-hydrogen) atoms. The predicted octanol–water partition coefficient (Wildman–Crippen LogP) is -0.449. The van der Waals surface area contributed by atoms with Crippen LogP contribution in [0.25, 0.3) is 0 Å². The van der Waals surface area contributed by atoms with Gasteiger partial charge in [-0.3, -0.25) is 4.79 Å². The van der Waals surface area contributed by atoms with Crippen LogP contribution < -0.4 is 5.11 Å². The molecule has 1 saturated heterocycles. The number of hydrogen-bond acceptors (Lipinski definition) is 3. The topological polar surface area (TPSA) is 60.4 Å². The minimum absolute atomic E-state index is 0.235. The summed E-state index contributed by atoms with van der Waals surface area (Å²) in [7, 11) is 0. The first-order chi connectivity index (χ1) is 6.59. The van der Waals surface area contributed by atoms with E-state index in [-0.39, 0.29) is 5.91 Å². The minimum atomic E-state index is -1.33. The van der Waals surface area contributed by atoms with Gasteiger partial charge in [0.05, 0.1) is 5.97 Å². The Morgan fingerprint density at radius 2 is 2.14 bits per heavy atom. The zero-order chi connectivity index (χ0) is 10.6. The second-order valence-electron chi connectivity index (χ2n) is 3.68. The first-order valence-corrected chi connectivity index (χ1v) is 4.77. The average molecular weight is 196 g/mol. The summed E-state index contributed by atoms with van der Waals surface area (Å²) in [5.74, 6) is -1.06. The molecule has 1 amide bonds. The Labute approximate surface area is 83.2 Å². The number of nitrogens with zero attached hydrogens (tertiary/aromatic N) is 1. The van der Waals surface area contributed by atoms with E-state index in [1.54, 1.807) is 4.90 Å². The fraction of sp³-hybridized carbons (Fsp3) is 0.600. The molecule has 1 heterocycles. The number of amides is 1. The van der Waals surface area contributed by atoms with Gasteiger partial charge in [0.25, 0.3) is 0 Å². The van der Waals surface area contributed by atoms with Crippen LogP contribution in [0.15, 0.2) is 12.2 Å². The molecule has 1 fully saturated rings. The van der Waals surface area contributed by atoms with Crippen LogP contribution in [0.3, 0.4) is 0 Å². The fourth-order valence-electron chi connectivity index (χ4n) is 1.63. The van der Waals surface area contributed by atoms with Crippen molar-refractivity contribution < 1.29 is 14.7 Å². The molecule has 0 aliphatic carbocycles. The van der Waals surface area contributed by atoms with Crippen LogP contribution in [-0.2, 0) is 9.59 Å². The van der Waals surface area contributed by atoms with Crippen molar-refractivity contribution in [2.24, 2.45) is 5.92 Å². The van der Waals surface area contributed by atoms with Crippen LogP contribution in [-0.4, -0.2) is 29.9 Å². The third kappa shape index (κ3) is 3.20. The standard InChI is InChI=1S/C10H15NO3/c1-8-3-2-6-11(7-8)9(12)4-5-10(13)14/h4-5,8H,2-3,6-7H2,1H3,(H,13,14)/p-1/t8-/m1/s1. The SMILES string of the molecule is C[C@@H]1CCCN(C(=O)C=CC(=O)[O-])C1. The maximum Gasteiger partial charge on any atom is 0.246 e. The highest BCUT2D eigenvalue weighted by Crippen LogP contribution is 2.15. The van der Waals surface area contributed by atoms with E-state index in [4.69, 9.17) is 0 Å². The third-order valence-corrected chi connectivity index (χ3v) is 2.33. The highest BCUT2D eigenvalue weighted by atomic mass is 16.4. The van der Waals surface area contributed by atoms with Gasteiger partial charge in [-0.15, -0.1) is 0 Å². The number of aliphatic carboxylic acids is 1. The maximum absolute atomic E-state index is 11.4. The number of carboxylic acid groups (broad SMARTS) is 1. The van der Waals surface area contributed by atoms with Gasteiger partial charge in [-0.05, 0) is 24.8 Å². The Morgan fingerprint density at radius 1 is 1.43 bits per heavy atom. The van der Waals surface area contributed by atoms with Crippen molar-refractivity contribution in [3.8, 4) is 0 Å². The largest absolute Gasteiger partial charge is 0.545 e. The molecule has 1 aliphatic heterocycles. The van der Waals surface area contributed by atoms with Crippen molar-refractivity contribution in [3.05, 3.63) is 12.2 Å². The van der Waals surface area contributed by atoms with Crippen LogP contribution in [0, 0.1) is 5.92 Å². The molecule has 0 bridgehead atoms. The van der Waals surface area contributed by atoms with Gasteiger partial charge < -0.3 is 14.8 Å². The van der Waals surface area contributed by atoms with Crippen molar-refractivity contribution in [2.75, 3.05) is 13.1 Å². The summed E-state index contributed by atoms with van der Waals surface area (Å²) in [6.07, 6.45) is 3.97. The van der Waals surface area contributed by atoms with Crippen molar-refractivity contribution in [1.82, 2.24) is 4.90 Å². The van der Waals surface area contributed by atoms with Crippen LogP contribution in [0.2, 0.25) is 0 Å². The second-order valence-corrected chi connectivity index (χ2v) is 3.68. The van der Waals surface area contributed by atoms with E-state index in [0.717, 1.165) is 38.1 Å². The lowest BCUT2D eigenvalue weighted by Crippen LogP contribution is -2.38. The molecule has 0 aromatic heterocycles. The first kappa shape index (κ1) is 10.8. The maximum atomic E-state index is 11.4. The van der Waals surface area contributed by atoms with E-state index >= 15 is 0 Å². The Kier molecular flexibility index (Phi) is 3.68. The number of likely N-dealkylation sites (tertiary alicyclic amines) is 1. The molecular formula is C10H14NO3-. The third-order valence-electron chi connectivity index (χ3n) is 2.33. The van der Waals surface area contributed by atoms with Gasteiger partial charge in [-0.1, -0.05) is 6.92 Å². The van der Waals surface area contributed by atoms with E-state index in [2.05, 4.69) is 6.92 Å². The molecule has 0 radical (unpaired) electrons. The Morgan fingerprint density at radius 3 is 2.71 bits per heavy atom. The lowest BCUT2D eigenvalue weighted by molar-refractivity contribution is -0.297. The van der Waals surface area contributed by atoms with E-state index in [1.807, 2.05) is 0 Å². The molecule has 4 heteroatoms. The van der Waals surface area contributed by atoms with Gasteiger partial charge >= 0.3 is 0 Å². The number of piperidine rings is 1. The molecule has 0 aromatic carbocycles. The van der Waals surface area contributed by atoms with Gasteiger partial charge in [0, 0.05) is 19.2 Å². The Bertz CT molecular complexity index is 260. The summed E-state index contributed by atoms with van der Waals surface area (Å²) < 4.78 is 0. The summed E-state index contributed by atoms with van der Waals surface area (Å²) in [5, 5.41) is 10.1. The molecule has 1 rings (SSSR count). The minimum Gasteiger partial charge on any atom is -0.545 e. The predicted molar refractivity (Wildman–Crippen MR) is 49.1 cm³/mol. The molecule has 0 spiro atoms. The van der Waals surface area contributed by atoms with Crippen molar-refractivity contribution in [1.29, 1.82) is 0 Å². The van der Waals surface area contributed by atoms with E-state index in [1.165, 1.54) is 0 Å². The molecule has 4 nitrogen and oxygen atoms in total. The van der Waals surface area contributed by atoms with Gasteiger partial charge in [0.15, 0.2) is 0 Å². The average Bonchev–Trinajstić information content (AvgIpc) is 2.14. The molecule has 0 saturated carbocycles. The first-order valence-electron chi connectivity index (χ1n) is 4.77. The summed E-state index contributed by atoms with van der Waals surface area (Å²) in [5.41, 5.74) is 0. The Hall–Kier alpha value is -1.32. The highest BCUT2D eigenvalue weighted by molar-refractivity contribution is 5.93. The molecular weight excluding hydrogens is 182 g/mol. The lowest BCUT2D eigenvalue weighted by atomic mass is 10.0. The van der Waals surface area contributed by atoms with Crippen LogP contribution in [0.5, 0.6) is 0 Å². The van der Waals surface area contributed by atoms with Gasteiger partial charge in [0.1, 0.15) is 0 Å². The molecule has 1 atom stereocenters. The van der Waals surface area contributed by atoms with Crippen molar-refractivity contribution in [3.63, 3.8) is 0 Å². The summed E-state index contributed by atoms with van der Waals surface area (Å²) in [6.45, 7) is 3.53. The van der Waals surface area contributed by atoms with E-state index in [0.29, 0.717) is 5.92 Å². The quantitative estimate of drug-likeness (QED) is 0.562. The number of carbonyl (C=O) groups is 2. The van der Waals surface area contributed by atoms with Crippen molar-refractivity contribution in [2.45, 2.75) is 19.8 Å². The van der Waals surface area contributed by atoms with E-state index in [9.17, 15) is 14.7 Å². The number of rotatable bonds is 2. The fourth-order valence-corrected chi connectivity index (χ4v) is 1.63. The summed E-state index contributed by atoms with van der Waals surface area (Å²) in [4.78, 5) is 23.2. The zero-order valence-corrected chi connectivity index (χ0v) is 8.23. The molecule has 0 N–H and O–H groups in total. The van der Waals surface area contributed by atoms with Crippen LogP contribution >= 0.6 is 0 Å². The lowest BCUT2D eigenvalue weighted by Gasteiger charge is -2.30. The highest BCUT2D eigenvalue weighted by Gasteiger charge is 2.18. The second kappa shape index (κ2) is 4.79. The smallest absolute Gasteiger partial charge is 0.246 e.